The first kappa shape index (κ1) is 50.5. The van der Waals surface area contributed by atoms with Crippen molar-refractivity contribution in [1.29, 1.82) is 0 Å². The number of nitrogens with two attached hydrogens (primary N) is 1. The molecule has 340 valence electrons. The number of nitrogens with one attached hydrogen (secondary N) is 4. The Morgan fingerprint density at radius 3 is 2.34 bits per heavy atom. The summed E-state index contributed by atoms with van der Waals surface area (Å²) < 4.78 is 22.7. The van der Waals surface area contributed by atoms with E-state index in [-0.39, 0.29) is 44.4 Å². The van der Waals surface area contributed by atoms with Gasteiger partial charge >= 0.3 is 6.09 Å². The Bertz CT molecular complexity index is 1930. The molecule has 0 bridgehead atoms. The molecule has 0 aliphatic rings. The van der Waals surface area contributed by atoms with Gasteiger partial charge in [0.2, 0.25) is 24.1 Å². The summed E-state index contributed by atoms with van der Waals surface area (Å²) in [5.74, 6) is -1.87. The summed E-state index contributed by atoms with van der Waals surface area (Å²) >= 11 is 0. The highest BCUT2D eigenvalue weighted by Gasteiger charge is 2.39. The molecule has 2 aromatic carbocycles. The van der Waals surface area contributed by atoms with Crippen LogP contribution < -0.4 is 27.0 Å². The summed E-state index contributed by atoms with van der Waals surface area (Å²) in [6.07, 6.45) is 4.42. The number of amides is 6. The molecule has 3 rings (SSSR count). The third-order valence-electron chi connectivity index (χ3n) is 10.1. The van der Waals surface area contributed by atoms with Crippen molar-refractivity contribution in [3.63, 3.8) is 0 Å². The molecule has 2 atom stereocenters. The summed E-state index contributed by atoms with van der Waals surface area (Å²) in [5, 5.41) is 10.5. The average molecular weight is 864 g/mol. The van der Waals surface area contributed by atoms with Gasteiger partial charge in [-0.2, -0.15) is 0 Å². The zero-order valence-corrected chi connectivity index (χ0v) is 37.3. The highest BCUT2D eigenvalue weighted by molar-refractivity contribution is 5.90. The van der Waals surface area contributed by atoms with Crippen LogP contribution in [0.4, 0.5) is 9.18 Å². The van der Waals surface area contributed by atoms with Crippen LogP contribution >= 0.6 is 0 Å². The fourth-order valence-corrected chi connectivity index (χ4v) is 6.81. The van der Waals surface area contributed by atoms with Crippen molar-refractivity contribution in [1.82, 2.24) is 40.6 Å². The standard InChI is InChI=1S/C45H66FN9O7/c1-31(2)40(52-37(57)17-12-9-13-21-48-30-56)43(60)50-26-38(58)49-22-24-53(7)44(61)62-29-39(59)55(23-14-20-47)41(45(4,5)6)42-51-36(34-25-32(3)18-19-35(34)46)28-54(42)27-33-15-10-8-11-16-33/h8,10-11,15-16,18-19,25,28,30-31,40-41H,9,12-14,17,20-24,26-27,29,47H2,1-7H3,(H,48,56)(H,49,58)(H,50,60)(H,52,57). The van der Waals surface area contributed by atoms with Crippen molar-refractivity contribution in [3.8, 4) is 11.3 Å². The normalized spacial score (nSPS) is 12.2. The molecule has 3 aromatic rings. The van der Waals surface area contributed by atoms with Crippen LogP contribution in [0.1, 0.15) is 89.7 Å². The lowest BCUT2D eigenvalue weighted by molar-refractivity contribution is -0.140. The van der Waals surface area contributed by atoms with Gasteiger partial charge in [0.05, 0.1) is 18.3 Å². The highest BCUT2D eigenvalue weighted by atomic mass is 19.1. The Balaban J connectivity index is 1.63. The number of rotatable bonds is 25. The molecule has 0 spiro atoms. The maximum Gasteiger partial charge on any atom is 0.410 e. The zero-order valence-electron chi connectivity index (χ0n) is 37.3. The number of benzene rings is 2. The van der Waals surface area contributed by atoms with Crippen LogP contribution in [0.5, 0.6) is 0 Å². The first-order valence-electron chi connectivity index (χ1n) is 21.2. The minimum atomic E-state index is -0.836. The number of ether oxygens (including phenoxy) is 1. The van der Waals surface area contributed by atoms with E-state index in [0.29, 0.717) is 56.0 Å². The van der Waals surface area contributed by atoms with E-state index in [2.05, 4.69) is 21.3 Å². The number of hydrogen-bond acceptors (Lipinski definition) is 9. The van der Waals surface area contributed by atoms with Gasteiger partial charge < -0.3 is 46.1 Å². The summed E-state index contributed by atoms with van der Waals surface area (Å²) in [4.78, 5) is 83.3. The third-order valence-corrected chi connectivity index (χ3v) is 10.1. The number of nitrogens with zero attached hydrogens (tertiary/aromatic N) is 4. The van der Waals surface area contributed by atoms with Crippen molar-refractivity contribution >= 4 is 36.1 Å². The number of halogens is 1. The third kappa shape index (κ3) is 16.2. The van der Waals surface area contributed by atoms with Gasteiger partial charge in [0.15, 0.2) is 6.61 Å². The van der Waals surface area contributed by atoms with Crippen molar-refractivity contribution in [2.24, 2.45) is 17.1 Å². The highest BCUT2D eigenvalue weighted by Crippen LogP contribution is 2.39. The Kier molecular flexibility index (Phi) is 20.5. The van der Waals surface area contributed by atoms with Gasteiger partial charge in [0.1, 0.15) is 17.7 Å². The van der Waals surface area contributed by atoms with E-state index in [1.165, 1.54) is 18.0 Å². The largest absolute Gasteiger partial charge is 0.439 e. The first-order chi connectivity index (χ1) is 29.5. The summed E-state index contributed by atoms with van der Waals surface area (Å²) in [6.45, 7) is 12.0. The Labute approximate surface area is 364 Å². The number of aryl methyl sites for hydroxylation is 1. The van der Waals surface area contributed by atoms with Crippen LogP contribution in [0, 0.1) is 24.1 Å². The molecule has 2 unspecified atom stereocenters. The van der Waals surface area contributed by atoms with E-state index in [1.54, 1.807) is 37.1 Å². The maximum absolute atomic E-state index is 15.2. The fourth-order valence-electron chi connectivity index (χ4n) is 6.81. The average Bonchev–Trinajstić information content (AvgIpc) is 3.63. The van der Waals surface area contributed by atoms with Gasteiger partial charge in [-0.05, 0) is 61.8 Å². The minimum absolute atomic E-state index is 0.0314. The predicted octanol–water partition coefficient (Wildman–Crippen LogP) is 4.06. The second-order valence-electron chi connectivity index (χ2n) is 16.8. The molecule has 0 aliphatic heterocycles. The van der Waals surface area contributed by atoms with Crippen LogP contribution in [0.15, 0.2) is 54.7 Å². The predicted molar refractivity (Wildman–Crippen MR) is 235 cm³/mol. The van der Waals surface area contributed by atoms with Crippen LogP contribution in [0.3, 0.4) is 0 Å². The van der Waals surface area contributed by atoms with Crippen molar-refractivity contribution < 1.29 is 37.9 Å². The number of carbonyl (C=O) groups is 6. The number of likely N-dealkylation sites (N-methyl/N-ethyl adjacent to an activating group) is 1. The van der Waals surface area contributed by atoms with Crippen LogP contribution in [0.25, 0.3) is 11.3 Å². The SMILES string of the molecule is Cc1ccc(F)c(-c2cn(Cc3ccccc3)c(C(N(CCCN)C(=O)COC(=O)N(C)CCNC(=O)CNC(=O)C(NC(=O)CCCCCNC=O)C(C)C)C(C)(C)C)n2)c1. The molecule has 0 radical (unpaired) electrons. The number of aromatic nitrogens is 2. The van der Waals surface area contributed by atoms with Gasteiger partial charge in [-0.1, -0.05) is 83.0 Å². The smallest absolute Gasteiger partial charge is 0.410 e. The molecule has 6 amide bonds. The molecule has 0 fully saturated rings. The second kappa shape index (κ2) is 25.2. The van der Waals surface area contributed by atoms with E-state index >= 15 is 4.39 Å². The van der Waals surface area contributed by atoms with E-state index in [0.717, 1.165) is 24.0 Å². The van der Waals surface area contributed by atoms with Crippen LogP contribution in [-0.4, -0.2) is 114 Å². The lowest BCUT2D eigenvalue weighted by Crippen LogP contribution is -2.51. The van der Waals surface area contributed by atoms with Crippen molar-refractivity contribution in [3.05, 3.63) is 77.5 Å². The number of imidazole rings is 1. The van der Waals surface area contributed by atoms with E-state index in [4.69, 9.17) is 15.5 Å². The van der Waals surface area contributed by atoms with Gasteiger partial charge in [0, 0.05) is 58.0 Å². The summed E-state index contributed by atoms with van der Waals surface area (Å²) in [6, 6.07) is 13.1. The lowest BCUT2D eigenvalue weighted by Gasteiger charge is -2.40. The molecule has 0 aliphatic carbocycles. The molecule has 0 saturated heterocycles. The number of hydrogen-bond donors (Lipinski definition) is 5. The fraction of sp³-hybridized carbons (Fsp3) is 0.533. The van der Waals surface area contributed by atoms with Crippen LogP contribution in [0.2, 0.25) is 0 Å². The van der Waals surface area contributed by atoms with Crippen LogP contribution in [-0.2, 0) is 35.3 Å². The van der Waals surface area contributed by atoms with E-state index in [1.807, 2.05) is 62.6 Å². The zero-order chi connectivity index (χ0) is 45.8. The maximum atomic E-state index is 15.2. The molecular formula is C45H66FN9O7. The molecule has 1 heterocycles. The molecule has 62 heavy (non-hydrogen) atoms. The molecule has 1 aromatic heterocycles. The Hall–Kier alpha value is -5.84. The second-order valence-corrected chi connectivity index (χ2v) is 16.8. The molecule has 16 nitrogen and oxygen atoms in total. The van der Waals surface area contributed by atoms with Gasteiger partial charge in [-0.15, -0.1) is 0 Å². The molecule has 17 heteroatoms. The first-order valence-corrected chi connectivity index (χ1v) is 21.2. The topological polar surface area (TPSA) is 210 Å². The lowest BCUT2D eigenvalue weighted by atomic mass is 9.84. The summed E-state index contributed by atoms with van der Waals surface area (Å²) in [7, 11) is 1.47. The quantitative estimate of drug-likeness (QED) is 0.0614. The van der Waals surface area contributed by atoms with Crippen molar-refractivity contribution in [2.45, 2.75) is 92.3 Å². The van der Waals surface area contributed by atoms with E-state index in [9.17, 15) is 28.8 Å². The van der Waals surface area contributed by atoms with E-state index < -0.39 is 53.7 Å². The Morgan fingerprint density at radius 1 is 0.952 bits per heavy atom. The van der Waals surface area contributed by atoms with Crippen molar-refractivity contribution in [2.75, 3.05) is 52.9 Å². The molecule has 0 saturated carbocycles. The van der Waals surface area contributed by atoms with Gasteiger partial charge in [-0.25, -0.2) is 14.2 Å². The molecule has 6 N–H and O–H groups in total. The monoisotopic (exact) mass is 864 g/mol. The molecular weight excluding hydrogens is 798 g/mol. The summed E-state index contributed by atoms with van der Waals surface area (Å²) in [5.41, 5.74) is 7.97. The number of carbonyl (C=O) groups excluding carboxylic acids is 6. The minimum Gasteiger partial charge on any atom is -0.439 e. The van der Waals surface area contributed by atoms with Gasteiger partial charge in [0.25, 0.3) is 5.91 Å². The Morgan fingerprint density at radius 2 is 1.68 bits per heavy atom. The van der Waals surface area contributed by atoms with Gasteiger partial charge in [-0.3, -0.25) is 24.0 Å². The number of unbranched alkanes of at least 4 members (excludes halogenated alkanes) is 2.